The number of hydrogen-bond acceptors (Lipinski definition) is 5. The fourth-order valence-electron chi connectivity index (χ4n) is 7.09. The molecule has 172 valence electrons. The number of carbonyl (C=O) groups excluding carboxylic acids is 1. The van der Waals surface area contributed by atoms with E-state index in [1.54, 1.807) is 7.11 Å². The molecule has 1 amide bonds. The summed E-state index contributed by atoms with van der Waals surface area (Å²) >= 11 is 0. The molecule has 0 aromatic heterocycles. The topological polar surface area (TPSA) is 68.2 Å². The second kappa shape index (κ2) is 8.68. The summed E-state index contributed by atoms with van der Waals surface area (Å²) in [5.74, 6) is 1.34. The number of ether oxygens (including phenoxy) is 3. The first kappa shape index (κ1) is 22.5. The highest BCUT2D eigenvalue weighted by Gasteiger charge is 2.61. The summed E-state index contributed by atoms with van der Waals surface area (Å²) in [4.78, 5) is 15.2. The van der Waals surface area contributed by atoms with Crippen molar-refractivity contribution < 1.29 is 24.1 Å². The van der Waals surface area contributed by atoms with Crippen molar-refractivity contribution in [3.05, 3.63) is 0 Å². The predicted molar refractivity (Wildman–Crippen MR) is 114 cm³/mol. The molecule has 6 heteroatoms. The SMILES string of the molecule is COC[C@@H]1OC[C@@]2(C)C3CC[C@@H](O)[C@@H](CC(=O)N4CCC(C)CC4)[C@]3(C)CC[C@H]2O1. The van der Waals surface area contributed by atoms with Gasteiger partial charge in [0.05, 0.1) is 25.4 Å². The van der Waals surface area contributed by atoms with Crippen molar-refractivity contribution >= 4 is 5.91 Å². The third-order valence-electron chi connectivity index (χ3n) is 9.07. The largest absolute Gasteiger partial charge is 0.393 e. The molecule has 0 spiro atoms. The number of carbonyl (C=O) groups is 1. The molecule has 4 aliphatic rings. The minimum Gasteiger partial charge on any atom is -0.393 e. The number of hydrogen-bond donors (Lipinski definition) is 1. The zero-order chi connectivity index (χ0) is 21.5. The van der Waals surface area contributed by atoms with Gasteiger partial charge in [-0.25, -0.2) is 0 Å². The number of likely N-dealkylation sites (tertiary alicyclic amines) is 1. The van der Waals surface area contributed by atoms with Gasteiger partial charge < -0.3 is 24.2 Å². The number of amides is 1. The molecule has 1 N–H and O–H groups in total. The minimum atomic E-state index is -0.397. The number of fused-ring (bicyclic) bond motifs is 3. The van der Waals surface area contributed by atoms with Crippen molar-refractivity contribution in [3.8, 4) is 0 Å². The van der Waals surface area contributed by atoms with Gasteiger partial charge in [-0.3, -0.25) is 4.79 Å². The normalized spacial score (nSPS) is 45.0. The van der Waals surface area contributed by atoms with E-state index in [1.807, 2.05) is 4.90 Å². The number of aliphatic hydroxyl groups excluding tert-OH is 1. The number of methoxy groups -OCH3 is 1. The molecule has 2 aliphatic heterocycles. The molecule has 30 heavy (non-hydrogen) atoms. The summed E-state index contributed by atoms with van der Waals surface area (Å²) in [6, 6.07) is 0. The molecule has 7 atom stereocenters. The van der Waals surface area contributed by atoms with Gasteiger partial charge in [0.1, 0.15) is 0 Å². The standard InChI is InChI=1S/C24H41NO5/c1-16-8-11-25(12-9-16)21(27)13-17-18(26)5-6-19-23(17,2)10-7-20-24(19,3)15-29-22(30-20)14-28-4/h16-20,22,26H,5-15H2,1-4H3/t17-,18-,19?,20-,22-,23+,24+/m1/s1. The molecule has 4 rings (SSSR count). The van der Waals surface area contributed by atoms with E-state index in [1.165, 1.54) is 0 Å². The quantitative estimate of drug-likeness (QED) is 0.752. The molecule has 1 unspecified atom stereocenters. The smallest absolute Gasteiger partial charge is 0.222 e. The van der Waals surface area contributed by atoms with Crippen LogP contribution in [-0.2, 0) is 19.0 Å². The van der Waals surface area contributed by atoms with E-state index in [-0.39, 0.29) is 35.0 Å². The molecule has 0 bridgehead atoms. The summed E-state index contributed by atoms with van der Waals surface area (Å²) in [5, 5.41) is 11.0. The van der Waals surface area contributed by atoms with Gasteiger partial charge in [0.15, 0.2) is 6.29 Å². The van der Waals surface area contributed by atoms with Gasteiger partial charge in [-0.2, -0.15) is 0 Å². The van der Waals surface area contributed by atoms with Crippen LogP contribution in [0.5, 0.6) is 0 Å². The van der Waals surface area contributed by atoms with Crippen LogP contribution in [0.4, 0.5) is 0 Å². The Balaban J connectivity index is 1.49. The molecule has 6 nitrogen and oxygen atoms in total. The first-order chi connectivity index (χ1) is 14.3. The van der Waals surface area contributed by atoms with E-state index in [2.05, 4.69) is 20.8 Å². The Morgan fingerprint density at radius 1 is 1.13 bits per heavy atom. The lowest BCUT2D eigenvalue weighted by atomic mass is 9.46. The van der Waals surface area contributed by atoms with E-state index >= 15 is 0 Å². The molecule has 0 radical (unpaired) electrons. The molecule has 2 heterocycles. The molecule has 2 saturated carbocycles. The average molecular weight is 424 g/mol. The maximum atomic E-state index is 13.2. The highest BCUT2D eigenvalue weighted by molar-refractivity contribution is 5.76. The van der Waals surface area contributed by atoms with Gasteiger partial charge in [-0.1, -0.05) is 20.8 Å². The van der Waals surface area contributed by atoms with Crippen LogP contribution in [0, 0.1) is 28.6 Å². The number of nitrogens with zero attached hydrogens (tertiary/aromatic N) is 1. The fraction of sp³-hybridized carbons (Fsp3) is 0.958. The van der Waals surface area contributed by atoms with Crippen LogP contribution in [-0.4, -0.2) is 67.8 Å². The molecule has 0 aromatic rings. The summed E-state index contributed by atoms with van der Waals surface area (Å²) in [6.07, 6.45) is 5.80. The first-order valence-corrected chi connectivity index (χ1v) is 12.0. The second-order valence-electron chi connectivity index (χ2n) is 10.9. The lowest BCUT2D eigenvalue weighted by Gasteiger charge is -2.63. The zero-order valence-corrected chi connectivity index (χ0v) is 19.3. The van der Waals surface area contributed by atoms with Gasteiger partial charge in [0.2, 0.25) is 5.91 Å². The molecule has 0 aromatic carbocycles. The highest BCUT2D eigenvalue weighted by atomic mass is 16.7. The van der Waals surface area contributed by atoms with Crippen molar-refractivity contribution in [1.29, 1.82) is 0 Å². The van der Waals surface area contributed by atoms with Crippen LogP contribution < -0.4 is 0 Å². The van der Waals surface area contributed by atoms with Crippen LogP contribution in [0.25, 0.3) is 0 Å². The van der Waals surface area contributed by atoms with Gasteiger partial charge in [-0.05, 0) is 61.7 Å². The van der Waals surface area contributed by atoms with Gasteiger partial charge >= 0.3 is 0 Å². The Kier molecular flexibility index (Phi) is 6.51. The molecular weight excluding hydrogens is 382 g/mol. The Bertz CT molecular complexity index is 621. The Hall–Kier alpha value is -0.690. The van der Waals surface area contributed by atoms with Crippen LogP contribution in [0.15, 0.2) is 0 Å². The Morgan fingerprint density at radius 2 is 1.87 bits per heavy atom. The third kappa shape index (κ3) is 3.94. The third-order valence-corrected chi connectivity index (χ3v) is 9.07. The Labute approximate surface area is 181 Å². The van der Waals surface area contributed by atoms with E-state index in [9.17, 15) is 9.90 Å². The van der Waals surface area contributed by atoms with Crippen molar-refractivity contribution in [3.63, 3.8) is 0 Å². The van der Waals surface area contributed by atoms with Crippen molar-refractivity contribution in [2.24, 2.45) is 28.6 Å². The highest BCUT2D eigenvalue weighted by Crippen LogP contribution is 2.62. The first-order valence-electron chi connectivity index (χ1n) is 12.0. The van der Waals surface area contributed by atoms with Crippen molar-refractivity contribution in [2.45, 2.75) is 84.2 Å². The van der Waals surface area contributed by atoms with Gasteiger partial charge in [0, 0.05) is 32.0 Å². The summed E-state index contributed by atoms with van der Waals surface area (Å²) in [7, 11) is 1.67. The maximum absolute atomic E-state index is 13.2. The fourth-order valence-corrected chi connectivity index (χ4v) is 7.09. The van der Waals surface area contributed by atoms with Crippen molar-refractivity contribution in [2.75, 3.05) is 33.4 Å². The monoisotopic (exact) mass is 423 g/mol. The summed E-state index contributed by atoms with van der Waals surface area (Å²) in [5.41, 5.74) is -0.151. The number of piperidine rings is 1. The predicted octanol–water partition coefficient (Wildman–Crippen LogP) is 3.22. The van der Waals surface area contributed by atoms with E-state index in [0.717, 1.165) is 51.6 Å². The van der Waals surface area contributed by atoms with Crippen LogP contribution >= 0.6 is 0 Å². The van der Waals surface area contributed by atoms with Crippen LogP contribution in [0.3, 0.4) is 0 Å². The van der Waals surface area contributed by atoms with E-state index < -0.39 is 6.10 Å². The second-order valence-corrected chi connectivity index (χ2v) is 10.9. The van der Waals surface area contributed by atoms with Crippen molar-refractivity contribution in [1.82, 2.24) is 4.90 Å². The van der Waals surface area contributed by atoms with E-state index in [0.29, 0.717) is 31.5 Å². The Morgan fingerprint density at radius 3 is 2.57 bits per heavy atom. The molecule has 4 fully saturated rings. The summed E-state index contributed by atoms with van der Waals surface area (Å²) in [6.45, 7) is 9.73. The summed E-state index contributed by atoms with van der Waals surface area (Å²) < 4.78 is 17.6. The number of rotatable bonds is 4. The molecule has 2 saturated heterocycles. The zero-order valence-electron chi connectivity index (χ0n) is 19.3. The minimum absolute atomic E-state index is 0.0116. The van der Waals surface area contributed by atoms with E-state index in [4.69, 9.17) is 14.2 Å². The molecule has 2 aliphatic carbocycles. The number of aliphatic hydroxyl groups is 1. The lowest BCUT2D eigenvalue weighted by Crippen LogP contribution is -2.63. The molecular formula is C24H41NO5. The maximum Gasteiger partial charge on any atom is 0.222 e. The van der Waals surface area contributed by atoms with Crippen LogP contribution in [0.2, 0.25) is 0 Å². The van der Waals surface area contributed by atoms with Gasteiger partial charge in [0.25, 0.3) is 0 Å². The lowest BCUT2D eigenvalue weighted by molar-refractivity contribution is -0.316. The van der Waals surface area contributed by atoms with Gasteiger partial charge in [-0.15, -0.1) is 0 Å². The average Bonchev–Trinajstić information content (AvgIpc) is 2.71. The van der Waals surface area contributed by atoms with Crippen LogP contribution in [0.1, 0.15) is 65.7 Å².